The molecule has 21 heavy (non-hydrogen) atoms. The van der Waals surface area contributed by atoms with E-state index in [1.54, 1.807) is 14.2 Å². The van der Waals surface area contributed by atoms with Gasteiger partial charge in [-0.3, -0.25) is 0 Å². The number of aromatic amines is 1. The maximum atomic E-state index is 5.45. The summed E-state index contributed by atoms with van der Waals surface area (Å²) >= 11 is 5.45. The summed E-state index contributed by atoms with van der Waals surface area (Å²) in [6.07, 6.45) is 2.22. The van der Waals surface area contributed by atoms with Gasteiger partial charge in [0.05, 0.1) is 25.3 Å². The fraction of sp³-hybridized carbons (Fsp3) is 0.533. The molecule has 1 unspecified atom stereocenters. The molecule has 0 aliphatic carbocycles. The second kappa shape index (κ2) is 6.07. The van der Waals surface area contributed by atoms with Gasteiger partial charge in [-0.25, -0.2) is 0 Å². The van der Waals surface area contributed by atoms with E-state index in [9.17, 15) is 0 Å². The molecule has 1 N–H and O–H groups in total. The molecule has 6 heteroatoms. The summed E-state index contributed by atoms with van der Waals surface area (Å²) in [6, 6.07) is 3.91. The third kappa shape index (κ3) is 2.78. The number of benzene rings is 1. The van der Waals surface area contributed by atoms with E-state index in [2.05, 4.69) is 9.55 Å². The van der Waals surface area contributed by atoms with Gasteiger partial charge in [0.25, 0.3) is 0 Å². The molecule has 1 aromatic carbocycles. The van der Waals surface area contributed by atoms with Gasteiger partial charge < -0.3 is 23.8 Å². The predicted molar refractivity (Wildman–Crippen MR) is 83.8 cm³/mol. The Morgan fingerprint density at radius 1 is 1.33 bits per heavy atom. The topological polar surface area (TPSA) is 48.4 Å². The Bertz CT molecular complexity index is 686. The highest BCUT2D eigenvalue weighted by molar-refractivity contribution is 7.71. The molecular formula is C15H20N2O3S. The molecule has 0 amide bonds. The molecule has 0 saturated carbocycles. The lowest BCUT2D eigenvalue weighted by Crippen LogP contribution is -2.06. The Labute approximate surface area is 128 Å². The lowest BCUT2D eigenvalue weighted by Gasteiger charge is -2.11. The molecule has 1 saturated heterocycles. The molecule has 114 valence electrons. The summed E-state index contributed by atoms with van der Waals surface area (Å²) in [6.45, 7) is 2.64. The first-order chi connectivity index (χ1) is 10.2. The van der Waals surface area contributed by atoms with Crippen molar-refractivity contribution in [2.45, 2.75) is 19.4 Å². The highest BCUT2D eigenvalue weighted by Gasteiger charge is 2.17. The van der Waals surface area contributed by atoms with Crippen molar-refractivity contribution in [1.29, 1.82) is 0 Å². The lowest BCUT2D eigenvalue weighted by molar-refractivity contribution is 0.183. The number of aryl methyl sites for hydroxylation is 1. The molecule has 1 aliphatic rings. The van der Waals surface area contributed by atoms with Gasteiger partial charge in [-0.2, -0.15) is 0 Å². The van der Waals surface area contributed by atoms with Crippen molar-refractivity contribution in [3.8, 4) is 11.5 Å². The van der Waals surface area contributed by atoms with Crippen LogP contribution in [0.2, 0.25) is 0 Å². The summed E-state index contributed by atoms with van der Waals surface area (Å²) in [5.41, 5.74) is 2.02. The van der Waals surface area contributed by atoms with Crippen LogP contribution in [-0.4, -0.2) is 37.0 Å². The Morgan fingerprint density at radius 2 is 2.10 bits per heavy atom. The number of hydrogen-bond acceptors (Lipinski definition) is 4. The van der Waals surface area contributed by atoms with Gasteiger partial charge in [0.1, 0.15) is 0 Å². The average molecular weight is 308 g/mol. The van der Waals surface area contributed by atoms with Gasteiger partial charge in [0, 0.05) is 31.9 Å². The first-order valence-corrected chi connectivity index (χ1v) is 7.56. The van der Waals surface area contributed by atoms with Crippen LogP contribution < -0.4 is 9.47 Å². The van der Waals surface area contributed by atoms with Crippen LogP contribution in [0.3, 0.4) is 0 Å². The van der Waals surface area contributed by atoms with Crippen LogP contribution in [0.1, 0.15) is 12.8 Å². The number of nitrogens with zero attached hydrogens (tertiary/aromatic N) is 1. The Hall–Kier alpha value is -1.53. The molecule has 5 nitrogen and oxygen atoms in total. The minimum atomic E-state index is 0.636. The van der Waals surface area contributed by atoms with E-state index in [4.69, 9.17) is 26.4 Å². The Balaban J connectivity index is 1.93. The van der Waals surface area contributed by atoms with Crippen molar-refractivity contribution in [2.75, 3.05) is 27.4 Å². The maximum Gasteiger partial charge on any atom is 0.178 e. The van der Waals surface area contributed by atoms with Crippen LogP contribution in [0.25, 0.3) is 11.0 Å². The van der Waals surface area contributed by atoms with Crippen molar-refractivity contribution >= 4 is 23.3 Å². The monoisotopic (exact) mass is 308 g/mol. The molecule has 2 heterocycles. The third-order valence-corrected chi connectivity index (χ3v) is 4.39. The van der Waals surface area contributed by atoms with Gasteiger partial charge in [-0.1, -0.05) is 0 Å². The quantitative estimate of drug-likeness (QED) is 0.862. The van der Waals surface area contributed by atoms with Gasteiger partial charge in [0.2, 0.25) is 0 Å². The van der Waals surface area contributed by atoms with Crippen LogP contribution in [0.5, 0.6) is 11.5 Å². The zero-order chi connectivity index (χ0) is 14.8. The summed E-state index contributed by atoms with van der Waals surface area (Å²) in [5.74, 6) is 2.06. The summed E-state index contributed by atoms with van der Waals surface area (Å²) in [5, 5.41) is 0. The van der Waals surface area contributed by atoms with Gasteiger partial charge in [-0.15, -0.1) is 0 Å². The Kier molecular flexibility index (Phi) is 4.17. The third-order valence-electron chi connectivity index (χ3n) is 4.06. The normalized spacial score (nSPS) is 18.3. The van der Waals surface area contributed by atoms with Crippen LogP contribution in [0, 0.1) is 10.7 Å². The molecule has 0 radical (unpaired) electrons. The zero-order valence-electron chi connectivity index (χ0n) is 12.3. The van der Waals surface area contributed by atoms with Crippen LogP contribution in [0.4, 0.5) is 0 Å². The number of methoxy groups -OCH3 is 2. The number of hydrogen-bond donors (Lipinski definition) is 1. The summed E-state index contributed by atoms with van der Waals surface area (Å²) in [7, 11) is 3.28. The Morgan fingerprint density at radius 3 is 2.76 bits per heavy atom. The molecular weight excluding hydrogens is 288 g/mol. The van der Waals surface area contributed by atoms with Crippen molar-refractivity contribution in [3.63, 3.8) is 0 Å². The minimum Gasteiger partial charge on any atom is -0.493 e. The second-order valence-electron chi connectivity index (χ2n) is 5.32. The summed E-state index contributed by atoms with van der Waals surface area (Å²) in [4.78, 5) is 3.24. The van der Waals surface area contributed by atoms with Crippen LogP contribution in [-0.2, 0) is 11.3 Å². The summed E-state index contributed by atoms with van der Waals surface area (Å²) < 4.78 is 19.0. The highest BCUT2D eigenvalue weighted by atomic mass is 32.1. The van der Waals surface area contributed by atoms with Gasteiger partial charge >= 0.3 is 0 Å². The fourth-order valence-corrected chi connectivity index (χ4v) is 3.13. The second-order valence-corrected chi connectivity index (χ2v) is 5.71. The van der Waals surface area contributed by atoms with E-state index >= 15 is 0 Å². The number of aromatic nitrogens is 2. The largest absolute Gasteiger partial charge is 0.493 e. The zero-order valence-corrected chi connectivity index (χ0v) is 13.2. The van der Waals surface area contributed by atoms with E-state index in [1.165, 1.54) is 0 Å². The van der Waals surface area contributed by atoms with Crippen molar-refractivity contribution < 1.29 is 14.2 Å². The number of fused-ring (bicyclic) bond motifs is 1. The molecule has 0 spiro atoms. The van der Waals surface area contributed by atoms with E-state index in [0.29, 0.717) is 11.7 Å². The van der Waals surface area contributed by atoms with Gasteiger partial charge in [-0.05, 0) is 31.0 Å². The molecule has 1 aromatic heterocycles. The smallest absolute Gasteiger partial charge is 0.178 e. The van der Waals surface area contributed by atoms with E-state index in [-0.39, 0.29) is 0 Å². The SMILES string of the molecule is COc1cc2[nH]c(=S)n(CCC3CCOC3)c2cc1OC. The first kappa shape index (κ1) is 14.4. The van der Waals surface area contributed by atoms with E-state index in [0.717, 1.165) is 54.2 Å². The predicted octanol–water partition coefficient (Wildman–Crippen LogP) is 3.14. The number of H-pyrrole nitrogens is 1. The average Bonchev–Trinajstić information content (AvgIpc) is 3.10. The van der Waals surface area contributed by atoms with Gasteiger partial charge in [0.15, 0.2) is 16.3 Å². The number of nitrogens with one attached hydrogen (secondary N) is 1. The molecule has 3 rings (SSSR count). The van der Waals surface area contributed by atoms with Crippen molar-refractivity contribution in [3.05, 3.63) is 16.9 Å². The standard InChI is InChI=1S/C15H20N2O3S/c1-18-13-7-11-12(8-14(13)19-2)17(15(21)16-11)5-3-10-4-6-20-9-10/h7-8,10H,3-6,9H2,1-2H3,(H,16,21). The van der Waals surface area contributed by atoms with Crippen LogP contribution >= 0.6 is 12.2 Å². The van der Waals surface area contributed by atoms with E-state index in [1.807, 2.05) is 12.1 Å². The number of rotatable bonds is 5. The maximum absolute atomic E-state index is 5.45. The van der Waals surface area contributed by atoms with E-state index < -0.39 is 0 Å². The molecule has 1 aliphatic heterocycles. The molecule has 0 bridgehead atoms. The molecule has 2 aromatic rings. The molecule has 1 atom stereocenters. The van der Waals surface area contributed by atoms with Crippen molar-refractivity contribution in [1.82, 2.24) is 9.55 Å². The highest BCUT2D eigenvalue weighted by Crippen LogP contribution is 2.32. The number of imidazole rings is 1. The number of ether oxygens (including phenoxy) is 3. The van der Waals surface area contributed by atoms with Crippen LogP contribution in [0.15, 0.2) is 12.1 Å². The molecule has 1 fully saturated rings. The lowest BCUT2D eigenvalue weighted by atomic mass is 10.1. The minimum absolute atomic E-state index is 0.636. The van der Waals surface area contributed by atoms with Crippen molar-refractivity contribution in [2.24, 2.45) is 5.92 Å². The fourth-order valence-electron chi connectivity index (χ4n) is 2.83. The first-order valence-electron chi connectivity index (χ1n) is 7.15.